The molecule has 4 rings (SSSR count). The van der Waals surface area contributed by atoms with E-state index in [1.807, 2.05) is 20.0 Å². The summed E-state index contributed by atoms with van der Waals surface area (Å²) < 4.78 is 20.5. The first-order valence-electron chi connectivity index (χ1n) is 10.2. The monoisotopic (exact) mass is 411 g/mol. The second kappa shape index (κ2) is 8.30. The number of ether oxygens (including phenoxy) is 1. The summed E-state index contributed by atoms with van der Waals surface area (Å²) in [5.41, 5.74) is 3.59. The van der Waals surface area contributed by atoms with E-state index in [4.69, 9.17) is 4.74 Å². The molecule has 3 heterocycles. The molecule has 1 N–H and O–H groups in total. The molecular formula is C22H26FN5O2. The van der Waals surface area contributed by atoms with Crippen LogP contribution in [0.2, 0.25) is 0 Å². The molecule has 0 bridgehead atoms. The third kappa shape index (κ3) is 3.81. The van der Waals surface area contributed by atoms with E-state index in [1.165, 1.54) is 6.07 Å². The summed E-state index contributed by atoms with van der Waals surface area (Å²) in [5, 5.41) is 8.89. The number of aryl methyl sites for hydroxylation is 2. The van der Waals surface area contributed by atoms with Gasteiger partial charge in [0, 0.05) is 38.1 Å². The molecule has 0 atom stereocenters. The molecule has 3 aromatic rings. The molecule has 1 aromatic carbocycles. The van der Waals surface area contributed by atoms with Crippen LogP contribution in [0.1, 0.15) is 35.8 Å². The average molecular weight is 411 g/mol. The Bertz CT molecular complexity index is 1070. The van der Waals surface area contributed by atoms with Gasteiger partial charge in [-0.05, 0) is 44.9 Å². The first kappa shape index (κ1) is 20.1. The number of anilines is 2. The van der Waals surface area contributed by atoms with Gasteiger partial charge in [-0.15, -0.1) is 0 Å². The zero-order valence-corrected chi connectivity index (χ0v) is 17.5. The van der Waals surface area contributed by atoms with Gasteiger partial charge in [-0.25, -0.2) is 14.2 Å². The summed E-state index contributed by atoms with van der Waals surface area (Å²) in [4.78, 5) is 19.2. The van der Waals surface area contributed by atoms with Crippen molar-refractivity contribution < 1.29 is 13.9 Å². The lowest BCUT2D eigenvalue weighted by Crippen LogP contribution is -2.39. The second-order valence-electron chi connectivity index (χ2n) is 7.56. The summed E-state index contributed by atoms with van der Waals surface area (Å²) >= 11 is 0. The van der Waals surface area contributed by atoms with E-state index in [2.05, 4.69) is 20.3 Å². The van der Waals surface area contributed by atoms with Gasteiger partial charge in [0.05, 0.1) is 23.4 Å². The molecule has 0 radical (unpaired) electrons. The number of fused-ring (bicyclic) bond motifs is 1. The predicted molar refractivity (Wildman–Crippen MR) is 114 cm³/mol. The van der Waals surface area contributed by atoms with Crippen LogP contribution in [0.3, 0.4) is 0 Å². The summed E-state index contributed by atoms with van der Waals surface area (Å²) in [5.74, 6) is -0.618. The smallest absolute Gasteiger partial charge is 0.341 e. The molecule has 8 heteroatoms. The lowest BCUT2D eigenvalue weighted by molar-refractivity contribution is 0.0527. The first-order valence-corrected chi connectivity index (χ1v) is 10.2. The Morgan fingerprint density at radius 3 is 2.80 bits per heavy atom. The molecule has 1 aliphatic heterocycles. The highest BCUT2D eigenvalue weighted by Crippen LogP contribution is 2.31. The Kier molecular flexibility index (Phi) is 5.57. The third-order valence-corrected chi connectivity index (χ3v) is 5.54. The lowest BCUT2D eigenvalue weighted by atomic mass is 10.0. The zero-order chi connectivity index (χ0) is 21.3. The molecule has 0 spiro atoms. The van der Waals surface area contributed by atoms with Crippen molar-refractivity contribution in [3.05, 3.63) is 47.5 Å². The van der Waals surface area contributed by atoms with Crippen LogP contribution >= 0.6 is 0 Å². The maximum atomic E-state index is 13.6. The van der Waals surface area contributed by atoms with E-state index >= 15 is 0 Å². The Balaban J connectivity index is 1.59. The van der Waals surface area contributed by atoms with E-state index in [9.17, 15) is 9.18 Å². The Hall–Kier alpha value is -3.16. The van der Waals surface area contributed by atoms with Gasteiger partial charge in [-0.1, -0.05) is 6.07 Å². The van der Waals surface area contributed by atoms with Crippen LogP contribution in [0.15, 0.2) is 30.5 Å². The Morgan fingerprint density at radius 2 is 2.10 bits per heavy atom. The zero-order valence-electron chi connectivity index (χ0n) is 17.5. The molecule has 2 aromatic heterocycles. The fourth-order valence-electron chi connectivity index (χ4n) is 4.08. The Labute approximate surface area is 174 Å². The summed E-state index contributed by atoms with van der Waals surface area (Å²) in [7, 11) is 1.84. The first-order chi connectivity index (χ1) is 14.5. The standard InChI is InChI=1S/C22H26FN5O2/c1-4-30-22(29)18-13-24-21-19(14(2)26-27(21)3)20(18)25-16-8-10-28(11-9-16)17-7-5-6-15(23)12-17/h5-7,12-13,16H,4,8-11H2,1-3H3,(H,24,25). The average Bonchev–Trinajstić information content (AvgIpc) is 3.03. The fraction of sp³-hybridized carbons (Fsp3) is 0.409. The maximum absolute atomic E-state index is 13.6. The number of benzene rings is 1. The van der Waals surface area contributed by atoms with Crippen LogP contribution in [0.5, 0.6) is 0 Å². The molecule has 30 heavy (non-hydrogen) atoms. The van der Waals surface area contributed by atoms with Crippen molar-refractivity contribution in [2.24, 2.45) is 7.05 Å². The maximum Gasteiger partial charge on any atom is 0.341 e. The topological polar surface area (TPSA) is 72.3 Å². The molecule has 1 fully saturated rings. The van der Waals surface area contributed by atoms with Crippen molar-refractivity contribution in [2.45, 2.75) is 32.7 Å². The van der Waals surface area contributed by atoms with Gasteiger partial charge < -0.3 is 15.0 Å². The molecule has 7 nitrogen and oxygen atoms in total. The van der Waals surface area contributed by atoms with Crippen LogP contribution in [0.25, 0.3) is 11.0 Å². The number of nitrogens with one attached hydrogen (secondary N) is 1. The molecule has 0 unspecified atom stereocenters. The largest absolute Gasteiger partial charge is 0.462 e. The molecule has 0 saturated carbocycles. The number of halogens is 1. The van der Waals surface area contributed by atoms with Crippen molar-refractivity contribution in [3.63, 3.8) is 0 Å². The normalized spacial score (nSPS) is 14.9. The van der Waals surface area contributed by atoms with Crippen molar-refractivity contribution in [2.75, 3.05) is 29.9 Å². The number of esters is 1. The summed E-state index contributed by atoms with van der Waals surface area (Å²) in [6.07, 6.45) is 3.29. The number of nitrogens with zero attached hydrogens (tertiary/aromatic N) is 4. The van der Waals surface area contributed by atoms with E-state index in [0.717, 1.165) is 54.0 Å². The molecular weight excluding hydrogens is 385 g/mol. The fourth-order valence-corrected chi connectivity index (χ4v) is 4.08. The van der Waals surface area contributed by atoms with Gasteiger partial charge in [-0.2, -0.15) is 5.10 Å². The lowest BCUT2D eigenvalue weighted by Gasteiger charge is -2.34. The Morgan fingerprint density at radius 1 is 1.33 bits per heavy atom. The molecule has 158 valence electrons. The van der Waals surface area contributed by atoms with Gasteiger partial charge in [0.2, 0.25) is 0 Å². The van der Waals surface area contributed by atoms with Gasteiger partial charge in [0.15, 0.2) is 5.65 Å². The molecule has 1 saturated heterocycles. The predicted octanol–water partition coefficient (Wildman–Crippen LogP) is 3.67. The van der Waals surface area contributed by atoms with Gasteiger partial charge in [0.25, 0.3) is 0 Å². The number of hydrogen-bond donors (Lipinski definition) is 1. The van der Waals surface area contributed by atoms with Crippen molar-refractivity contribution in [1.82, 2.24) is 14.8 Å². The van der Waals surface area contributed by atoms with Crippen LogP contribution in [-0.2, 0) is 11.8 Å². The number of carbonyl (C=O) groups excluding carboxylic acids is 1. The van der Waals surface area contributed by atoms with E-state index in [1.54, 1.807) is 29.9 Å². The molecule has 0 amide bonds. The van der Waals surface area contributed by atoms with Gasteiger partial charge in [0.1, 0.15) is 11.4 Å². The van der Waals surface area contributed by atoms with Gasteiger partial charge >= 0.3 is 5.97 Å². The van der Waals surface area contributed by atoms with Crippen LogP contribution in [-0.4, -0.2) is 46.5 Å². The van der Waals surface area contributed by atoms with Crippen molar-refractivity contribution in [3.8, 4) is 0 Å². The molecule has 0 aliphatic carbocycles. The van der Waals surface area contributed by atoms with Crippen LogP contribution < -0.4 is 10.2 Å². The van der Waals surface area contributed by atoms with E-state index < -0.39 is 5.97 Å². The van der Waals surface area contributed by atoms with Crippen molar-refractivity contribution in [1.29, 1.82) is 0 Å². The minimum absolute atomic E-state index is 0.174. The highest BCUT2D eigenvalue weighted by Gasteiger charge is 2.25. The highest BCUT2D eigenvalue weighted by atomic mass is 19.1. The number of piperidine rings is 1. The number of rotatable bonds is 5. The number of hydrogen-bond acceptors (Lipinski definition) is 6. The second-order valence-corrected chi connectivity index (χ2v) is 7.56. The summed E-state index contributed by atoms with van der Waals surface area (Å²) in [6, 6.07) is 6.87. The van der Waals surface area contributed by atoms with Gasteiger partial charge in [-0.3, -0.25) is 4.68 Å². The number of carbonyl (C=O) groups is 1. The minimum atomic E-state index is -0.394. The summed E-state index contributed by atoms with van der Waals surface area (Å²) in [6.45, 7) is 5.60. The highest BCUT2D eigenvalue weighted by molar-refractivity contribution is 6.05. The van der Waals surface area contributed by atoms with Crippen molar-refractivity contribution >= 4 is 28.4 Å². The van der Waals surface area contributed by atoms with Crippen LogP contribution in [0, 0.1) is 12.7 Å². The molecule has 1 aliphatic rings. The SMILES string of the molecule is CCOC(=O)c1cnc2c(c(C)nn2C)c1NC1CCN(c2cccc(F)c2)CC1. The van der Waals surface area contributed by atoms with E-state index in [-0.39, 0.29) is 11.9 Å². The minimum Gasteiger partial charge on any atom is -0.462 e. The van der Waals surface area contributed by atoms with Crippen LogP contribution in [0.4, 0.5) is 15.8 Å². The quantitative estimate of drug-likeness (QED) is 0.646. The third-order valence-electron chi connectivity index (χ3n) is 5.54. The number of aromatic nitrogens is 3. The number of pyridine rings is 1. The van der Waals surface area contributed by atoms with E-state index in [0.29, 0.717) is 12.2 Å².